The molecule has 2 fully saturated rings. The number of rotatable bonds is 6. The second kappa shape index (κ2) is 6.28. The molecule has 2 rings (SSSR count). The van der Waals surface area contributed by atoms with Crippen molar-refractivity contribution in [1.29, 1.82) is 0 Å². The summed E-state index contributed by atoms with van der Waals surface area (Å²) in [6.07, 6.45) is 4.96. The number of carbonyl (C=O) groups is 3. The fraction of sp³-hybridized carbons (Fsp3) is 0.667. The molecule has 6 heteroatoms. The molecule has 0 atom stereocenters. The van der Waals surface area contributed by atoms with Crippen LogP contribution in [-0.2, 0) is 9.59 Å². The Morgan fingerprint density at radius 3 is 2.00 bits per heavy atom. The van der Waals surface area contributed by atoms with Gasteiger partial charge >= 0.3 is 12.0 Å². The third-order valence-electron chi connectivity index (χ3n) is 4.40. The number of hydrogen-bond donors (Lipinski definition) is 3. The van der Waals surface area contributed by atoms with Gasteiger partial charge < -0.3 is 10.4 Å². The minimum Gasteiger partial charge on any atom is -0.478 e. The molecular weight excluding hydrogens is 272 g/mol. The van der Waals surface area contributed by atoms with Gasteiger partial charge in [0.05, 0.1) is 0 Å². The van der Waals surface area contributed by atoms with Gasteiger partial charge in [-0.1, -0.05) is 0 Å². The maximum absolute atomic E-state index is 11.7. The monoisotopic (exact) mass is 294 g/mol. The second-order valence-corrected chi connectivity index (χ2v) is 6.06. The van der Waals surface area contributed by atoms with E-state index < -0.39 is 17.9 Å². The smallest absolute Gasteiger partial charge is 0.331 e. The lowest BCUT2D eigenvalue weighted by Crippen LogP contribution is -2.42. The van der Waals surface area contributed by atoms with Crippen molar-refractivity contribution in [3.8, 4) is 0 Å². The van der Waals surface area contributed by atoms with E-state index in [0.717, 1.165) is 11.8 Å². The lowest BCUT2D eigenvalue weighted by atomic mass is 9.98. The molecule has 21 heavy (non-hydrogen) atoms. The van der Waals surface area contributed by atoms with Gasteiger partial charge in [-0.25, -0.2) is 9.59 Å². The molecule has 0 bridgehead atoms. The number of aliphatic carboxylic acids is 1. The molecule has 0 aliphatic heterocycles. The zero-order valence-corrected chi connectivity index (χ0v) is 12.4. The Morgan fingerprint density at radius 2 is 1.57 bits per heavy atom. The number of carbonyl (C=O) groups excluding carboxylic acids is 2. The number of hydrogen-bond acceptors (Lipinski definition) is 3. The van der Waals surface area contributed by atoms with Crippen LogP contribution in [-0.4, -0.2) is 29.6 Å². The predicted octanol–water partition coefficient (Wildman–Crippen LogP) is 1.67. The Hall–Kier alpha value is -1.85. The Morgan fingerprint density at radius 1 is 1.05 bits per heavy atom. The molecule has 2 aliphatic rings. The van der Waals surface area contributed by atoms with Crippen LogP contribution in [0.2, 0.25) is 0 Å². The Kier molecular flexibility index (Phi) is 4.65. The van der Waals surface area contributed by atoms with Crippen LogP contribution in [0.25, 0.3) is 0 Å². The van der Waals surface area contributed by atoms with Crippen LogP contribution in [0.15, 0.2) is 11.1 Å². The fourth-order valence-corrected chi connectivity index (χ4v) is 2.55. The van der Waals surface area contributed by atoms with Crippen LogP contribution in [0, 0.1) is 17.8 Å². The van der Waals surface area contributed by atoms with Crippen molar-refractivity contribution >= 4 is 17.9 Å². The van der Waals surface area contributed by atoms with E-state index >= 15 is 0 Å². The van der Waals surface area contributed by atoms with E-state index in [1.165, 1.54) is 39.5 Å². The summed E-state index contributed by atoms with van der Waals surface area (Å²) in [7, 11) is 0. The molecule has 6 nitrogen and oxygen atoms in total. The number of carboxylic acids is 1. The highest BCUT2D eigenvalue weighted by atomic mass is 16.4. The summed E-state index contributed by atoms with van der Waals surface area (Å²) in [6.45, 7) is 3.32. The third kappa shape index (κ3) is 4.31. The van der Waals surface area contributed by atoms with Crippen LogP contribution in [0.4, 0.5) is 4.79 Å². The summed E-state index contributed by atoms with van der Waals surface area (Å²) in [5.41, 5.74) is -0.0206. The molecule has 0 radical (unpaired) electrons. The first-order valence-corrected chi connectivity index (χ1v) is 7.40. The summed E-state index contributed by atoms with van der Waals surface area (Å²) < 4.78 is 0. The number of amides is 3. The number of imide groups is 1. The summed E-state index contributed by atoms with van der Waals surface area (Å²) in [5.74, 6) is 0.157. The summed E-state index contributed by atoms with van der Waals surface area (Å²) >= 11 is 0. The van der Waals surface area contributed by atoms with Crippen molar-refractivity contribution < 1.29 is 19.5 Å². The van der Waals surface area contributed by atoms with Gasteiger partial charge in [-0.15, -0.1) is 0 Å². The predicted molar refractivity (Wildman–Crippen MR) is 76.5 cm³/mol. The van der Waals surface area contributed by atoms with Gasteiger partial charge in [0.15, 0.2) is 0 Å². The van der Waals surface area contributed by atoms with Crippen LogP contribution in [0.3, 0.4) is 0 Å². The van der Waals surface area contributed by atoms with Crippen LogP contribution in [0.1, 0.15) is 39.5 Å². The first-order valence-electron chi connectivity index (χ1n) is 7.40. The maximum atomic E-state index is 11.7. The van der Waals surface area contributed by atoms with E-state index in [4.69, 9.17) is 5.11 Å². The first-order chi connectivity index (χ1) is 9.90. The van der Waals surface area contributed by atoms with E-state index in [2.05, 4.69) is 10.6 Å². The number of nitrogens with one attached hydrogen (secondary N) is 2. The summed E-state index contributed by atoms with van der Waals surface area (Å²) in [6, 6.07) is -0.552. The van der Waals surface area contributed by atoms with Gasteiger partial charge in [-0.05, 0) is 57.3 Å². The average molecular weight is 294 g/mol. The van der Waals surface area contributed by atoms with E-state index in [-0.39, 0.29) is 11.1 Å². The van der Waals surface area contributed by atoms with E-state index in [1.807, 2.05) is 0 Å². The van der Waals surface area contributed by atoms with E-state index in [0.29, 0.717) is 12.5 Å². The van der Waals surface area contributed by atoms with Crippen LogP contribution in [0.5, 0.6) is 0 Å². The Labute approximate surface area is 124 Å². The molecule has 0 aromatic carbocycles. The van der Waals surface area contributed by atoms with Gasteiger partial charge in [0.1, 0.15) is 0 Å². The minimum atomic E-state index is -1.16. The second-order valence-electron chi connectivity index (χ2n) is 6.06. The molecule has 0 heterocycles. The molecule has 2 saturated carbocycles. The topological polar surface area (TPSA) is 95.5 Å². The Balaban J connectivity index is 1.79. The molecule has 0 saturated heterocycles. The quantitative estimate of drug-likeness (QED) is 0.649. The van der Waals surface area contributed by atoms with Crippen molar-refractivity contribution in [2.24, 2.45) is 17.8 Å². The van der Waals surface area contributed by atoms with Gasteiger partial charge in [0.2, 0.25) is 0 Å². The molecule has 0 unspecified atom stereocenters. The highest BCUT2D eigenvalue weighted by molar-refractivity contribution is 6.07. The van der Waals surface area contributed by atoms with Crippen molar-refractivity contribution in [2.75, 3.05) is 6.54 Å². The standard InChI is InChI=1S/C15H22N2O4/c1-8(9(2)14(19)20)13(18)17-15(21)16-7-12(10-3-4-10)11-5-6-11/h10-12H,3-7H2,1-2H3,(H,19,20)(H2,16,17,18,21). The van der Waals surface area contributed by atoms with Gasteiger partial charge in [-0.3, -0.25) is 10.1 Å². The van der Waals surface area contributed by atoms with E-state index in [9.17, 15) is 14.4 Å². The molecule has 0 aromatic heterocycles. The zero-order chi connectivity index (χ0) is 15.6. The highest BCUT2D eigenvalue weighted by Gasteiger charge is 2.41. The number of carboxylic acid groups (broad SMARTS) is 1. The highest BCUT2D eigenvalue weighted by Crippen LogP contribution is 2.48. The van der Waals surface area contributed by atoms with Crippen molar-refractivity contribution in [1.82, 2.24) is 10.6 Å². The maximum Gasteiger partial charge on any atom is 0.331 e. The Bertz CT molecular complexity index is 478. The molecule has 0 spiro atoms. The average Bonchev–Trinajstić information content (AvgIpc) is 3.29. The van der Waals surface area contributed by atoms with Gasteiger partial charge in [0, 0.05) is 17.7 Å². The van der Waals surface area contributed by atoms with Gasteiger partial charge in [0.25, 0.3) is 5.91 Å². The minimum absolute atomic E-state index is 0.0404. The van der Waals surface area contributed by atoms with Gasteiger partial charge in [-0.2, -0.15) is 0 Å². The van der Waals surface area contributed by atoms with Crippen molar-refractivity contribution in [3.05, 3.63) is 11.1 Å². The van der Waals surface area contributed by atoms with E-state index in [1.54, 1.807) is 0 Å². The lowest BCUT2D eigenvalue weighted by molar-refractivity contribution is -0.133. The molecule has 0 aromatic rings. The van der Waals surface area contributed by atoms with Crippen molar-refractivity contribution in [3.63, 3.8) is 0 Å². The first kappa shape index (κ1) is 15.5. The molecular formula is C15H22N2O4. The molecule has 3 amide bonds. The number of urea groups is 1. The third-order valence-corrected chi connectivity index (χ3v) is 4.40. The largest absolute Gasteiger partial charge is 0.478 e. The van der Waals surface area contributed by atoms with Crippen LogP contribution < -0.4 is 10.6 Å². The van der Waals surface area contributed by atoms with Crippen LogP contribution >= 0.6 is 0 Å². The fourth-order valence-electron chi connectivity index (χ4n) is 2.55. The zero-order valence-electron chi connectivity index (χ0n) is 12.4. The normalized spacial score (nSPS) is 19.0. The lowest BCUT2D eigenvalue weighted by Gasteiger charge is -2.16. The molecule has 3 N–H and O–H groups in total. The summed E-state index contributed by atoms with van der Waals surface area (Å²) in [4.78, 5) is 34.2. The van der Waals surface area contributed by atoms with Crippen molar-refractivity contribution in [2.45, 2.75) is 39.5 Å². The molecule has 116 valence electrons. The summed E-state index contributed by atoms with van der Waals surface area (Å²) in [5, 5.41) is 13.7. The molecule has 2 aliphatic carbocycles. The SMILES string of the molecule is CC(C(=O)O)=C(C)C(=O)NC(=O)NCC(C1CC1)C1CC1.